The van der Waals surface area contributed by atoms with Crippen LogP contribution < -0.4 is 0 Å². The summed E-state index contributed by atoms with van der Waals surface area (Å²) in [5.74, 6) is 0.720. The number of likely N-dealkylation sites (N-methyl/N-ethyl adjacent to an activating group) is 1. The van der Waals surface area contributed by atoms with Gasteiger partial charge >= 0.3 is 0 Å². The summed E-state index contributed by atoms with van der Waals surface area (Å²) in [5.41, 5.74) is 0. The predicted octanol–water partition coefficient (Wildman–Crippen LogP) is 1.65. The number of rotatable bonds is 5. The number of nitrogens with one attached hydrogen (secondary N) is 1. The summed E-state index contributed by atoms with van der Waals surface area (Å²) in [5, 5.41) is 6.89. The average Bonchev–Trinajstić information content (AvgIpc) is 3.18. The van der Waals surface area contributed by atoms with E-state index in [0.717, 1.165) is 12.2 Å². The van der Waals surface area contributed by atoms with Crippen LogP contribution in [-0.2, 0) is 14.8 Å². The third-order valence-electron chi connectivity index (χ3n) is 3.96. The Morgan fingerprint density at radius 1 is 1.43 bits per heavy atom. The predicted molar refractivity (Wildman–Crippen MR) is 84.7 cm³/mol. The zero-order valence-electron chi connectivity index (χ0n) is 12.5. The Balaban J connectivity index is 1.78. The highest BCUT2D eigenvalue weighted by Crippen LogP contribution is 2.31. The van der Waals surface area contributed by atoms with Gasteiger partial charge in [-0.3, -0.25) is 5.10 Å². The standard InChI is InChI=1S/C14H17ClN4O3S/c1-19(23(20,21)13-5-3-2-4-11(13)15)8-12-10(6-7-22-12)14-16-9-17-18-14/h2-5,9-10,12H,6-8H2,1H3,(H,16,17,18)/t10-,12-/m1/s1. The molecule has 1 fully saturated rings. The molecule has 0 radical (unpaired) electrons. The van der Waals surface area contributed by atoms with Gasteiger partial charge in [-0.05, 0) is 18.6 Å². The maximum absolute atomic E-state index is 12.7. The molecule has 7 nitrogen and oxygen atoms in total. The third-order valence-corrected chi connectivity index (χ3v) is 6.28. The lowest BCUT2D eigenvalue weighted by molar-refractivity contribution is 0.0894. The van der Waals surface area contributed by atoms with Gasteiger partial charge in [0.05, 0.1) is 11.1 Å². The van der Waals surface area contributed by atoms with E-state index in [1.54, 1.807) is 18.2 Å². The largest absolute Gasteiger partial charge is 0.376 e. The van der Waals surface area contributed by atoms with E-state index < -0.39 is 10.0 Å². The second-order valence-electron chi connectivity index (χ2n) is 5.39. The fourth-order valence-corrected chi connectivity index (χ4v) is 4.38. The van der Waals surface area contributed by atoms with Crippen molar-refractivity contribution in [1.82, 2.24) is 19.5 Å². The van der Waals surface area contributed by atoms with Gasteiger partial charge in [0.1, 0.15) is 17.0 Å². The monoisotopic (exact) mass is 356 g/mol. The second-order valence-corrected chi connectivity index (χ2v) is 7.81. The lowest BCUT2D eigenvalue weighted by Gasteiger charge is -2.23. The van der Waals surface area contributed by atoms with E-state index in [-0.39, 0.29) is 28.5 Å². The summed E-state index contributed by atoms with van der Waals surface area (Å²) in [7, 11) is -2.15. The molecule has 1 aromatic heterocycles. The number of hydrogen-bond acceptors (Lipinski definition) is 5. The highest BCUT2D eigenvalue weighted by Gasteiger charge is 2.35. The SMILES string of the molecule is CN(C[C@H]1OCC[C@H]1c1ncn[nH]1)S(=O)(=O)c1ccccc1Cl. The van der Waals surface area contributed by atoms with Crippen molar-refractivity contribution in [3.63, 3.8) is 0 Å². The van der Waals surface area contributed by atoms with Crippen molar-refractivity contribution >= 4 is 21.6 Å². The number of aromatic amines is 1. The first-order valence-electron chi connectivity index (χ1n) is 7.18. The molecule has 1 aromatic carbocycles. The summed E-state index contributed by atoms with van der Waals surface area (Å²) < 4.78 is 32.3. The van der Waals surface area contributed by atoms with Gasteiger partial charge in [0.2, 0.25) is 10.0 Å². The Morgan fingerprint density at radius 2 is 2.22 bits per heavy atom. The second kappa shape index (κ2) is 6.56. The Labute approximate surface area is 139 Å². The van der Waals surface area contributed by atoms with Gasteiger partial charge < -0.3 is 4.74 Å². The van der Waals surface area contributed by atoms with E-state index in [0.29, 0.717) is 6.61 Å². The molecule has 1 aliphatic rings. The van der Waals surface area contributed by atoms with Gasteiger partial charge in [-0.2, -0.15) is 9.40 Å². The molecule has 1 aliphatic heterocycles. The van der Waals surface area contributed by atoms with Gasteiger partial charge in [-0.25, -0.2) is 13.4 Å². The Kier molecular flexibility index (Phi) is 4.67. The molecular formula is C14H17ClN4O3S. The van der Waals surface area contributed by atoms with Crippen molar-refractivity contribution in [2.45, 2.75) is 23.3 Å². The molecule has 1 saturated heterocycles. The number of hydrogen-bond donors (Lipinski definition) is 1. The zero-order valence-corrected chi connectivity index (χ0v) is 14.1. The molecule has 0 spiro atoms. The third kappa shape index (κ3) is 3.25. The van der Waals surface area contributed by atoms with E-state index >= 15 is 0 Å². The first kappa shape index (κ1) is 16.4. The van der Waals surface area contributed by atoms with Crippen molar-refractivity contribution in [3.8, 4) is 0 Å². The first-order valence-corrected chi connectivity index (χ1v) is 8.99. The highest BCUT2D eigenvalue weighted by molar-refractivity contribution is 7.89. The molecule has 2 heterocycles. The molecule has 1 N–H and O–H groups in total. The summed E-state index contributed by atoms with van der Waals surface area (Å²) in [6.45, 7) is 0.787. The smallest absolute Gasteiger partial charge is 0.244 e. The van der Waals surface area contributed by atoms with Crippen molar-refractivity contribution in [2.75, 3.05) is 20.2 Å². The van der Waals surface area contributed by atoms with E-state index in [1.165, 1.54) is 23.7 Å². The molecule has 0 saturated carbocycles. The van der Waals surface area contributed by atoms with Crippen LogP contribution in [0.1, 0.15) is 18.2 Å². The minimum atomic E-state index is -3.67. The highest BCUT2D eigenvalue weighted by atomic mass is 35.5. The van der Waals surface area contributed by atoms with Crippen LogP contribution >= 0.6 is 11.6 Å². The van der Waals surface area contributed by atoms with E-state index in [4.69, 9.17) is 16.3 Å². The minimum absolute atomic E-state index is 0.00129. The van der Waals surface area contributed by atoms with Gasteiger partial charge in [-0.15, -0.1) is 0 Å². The Morgan fingerprint density at radius 3 is 2.91 bits per heavy atom. The average molecular weight is 357 g/mol. The molecule has 0 amide bonds. The first-order chi connectivity index (χ1) is 11.0. The molecule has 124 valence electrons. The molecule has 2 aromatic rings. The van der Waals surface area contributed by atoms with Crippen molar-refractivity contribution < 1.29 is 13.2 Å². The molecule has 0 aliphatic carbocycles. The van der Waals surface area contributed by atoms with Crippen LogP contribution in [0.5, 0.6) is 0 Å². The number of aromatic nitrogens is 3. The fraction of sp³-hybridized carbons (Fsp3) is 0.429. The number of halogens is 1. The fourth-order valence-electron chi connectivity index (χ4n) is 2.71. The molecule has 2 atom stereocenters. The van der Waals surface area contributed by atoms with Crippen LogP contribution in [0.3, 0.4) is 0 Å². The molecule has 3 rings (SSSR count). The van der Waals surface area contributed by atoms with Crippen LogP contribution in [-0.4, -0.2) is 54.2 Å². The van der Waals surface area contributed by atoms with Crippen LogP contribution in [0.15, 0.2) is 35.5 Å². The number of benzene rings is 1. The van der Waals surface area contributed by atoms with Crippen molar-refractivity contribution in [1.29, 1.82) is 0 Å². The van der Waals surface area contributed by atoms with Gasteiger partial charge in [0.15, 0.2) is 0 Å². The lowest BCUT2D eigenvalue weighted by Crippen LogP contribution is -2.36. The van der Waals surface area contributed by atoms with Gasteiger partial charge in [0.25, 0.3) is 0 Å². The van der Waals surface area contributed by atoms with Gasteiger partial charge in [0, 0.05) is 26.1 Å². The maximum atomic E-state index is 12.7. The van der Waals surface area contributed by atoms with E-state index in [1.807, 2.05) is 0 Å². The number of sulfonamides is 1. The number of nitrogens with zero attached hydrogens (tertiary/aromatic N) is 3. The summed E-state index contributed by atoms with van der Waals surface area (Å²) in [6, 6.07) is 6.40. The van der Waals surface area contributed by atoms with Crippen molar-refractivity contribution in [2.24, 2.45) is 0 Å². The molecule has 0 bridgehead atoms. The molecule has 23 heavy (non-hydrogen) atoms. The van der Waals surface area contributed by atoms with Crippen LogP contribution in [0, 0.1) is 0 Å². The number of ether oxygens (including phenoxy) is 1. The Bertz CT molecular complexity index is 766. The summed E-state index contributed by atoms with van der Waals surface area (Å²) >= 11 is 6.02. The topological polar surface area (TPSA) is 88.2 Å². The molecular weight excluding hydrogens is 340 g/mol. The van der Waals surface area contributed by atoms with E-state index in [9.17, 15) is 8.42 Å². The Hall–Kier alpha value is -1.48. The quantitative estimate of drug-likeness (QED) is 0.880. The zero-order chi connectivity index (χ0) is 16.4. The van der Waals surface area contributed by atoms with Gasteiger partial charge in [-0.1, -0.05) is 23.7 Å². The minimum Gasteiger partial charge on any atom is -0.376 e. The van der Waals surface area contributed by atoms with Crippen LogP contribution in [0.25, 0.3) is 0 Å². The molecule has 0 unspecified atom stereocenters. The lowest BCUT2D eigenvalue weighted by atomic mass is 10.0. The van der Waals surface area contributed by atoms with Crippen LogP contribution in [0.2, 0.25) is 5.02 Å². The van der Waals surface area contributed by atoms with Crippen LogP contribution in [0.4, 0.5) is 0 Å². The normalized spacial score (nSPS) is 21.9. The maximum Gasteiger partial charge on any atom is 0.244 e. The molecule has 9 heteroatoms. The summed E-state index contributed by atoms with van der Waals surface area (Å²) in [4.78, 5) is 4.25. The van der Waals surface area contributed by atoms with E-state index in [2.05, 4.69) is 15.2 Å². The van der Waals surface area contributed by atoms with Crippen molar-refractivity contribution in [3.05, 3.63) is 41.4 Å². The summed E-state index contributed by atoms with van der Waals surface area (Å²) in [6.07, 6.45) is 1.94. The number of H-pyrrole nitrogens is 1.